The third-order valence-corrected chi connectivity index (χ3v) is 5.24. The Morgan fingerprint density at radius 3 is 2.46 bits per heavy atom. The molecule has 0 amide bonds. The molecule has 0 radical (unpaired) electrons. The van der Waals surface area contributed by atoms with Gasteiger partial charge in [-0.1, -0.05) is 56.5 Å². The number of rotatable bonds is 4. The van der Waals surface area contributed by atoms with Crippen LogP contribution < -0.4 is 0 Å². The summed E-state index contributed by atoms with van der Waals surface area (Å²) >= 11 is 0. The molecule has 1 aliphatic carbocycles. The molecule has 3 nitrogen and oxygen atoms in total. The Morgan fingerprint density at radius 1 is 1.04 bits per heavy atom. The second-order valence-corrected chi connectivity index (χ2v) is 6.81. The Bertz CT molecular complexity index is 730. The number of carboxylic acid groups (broad SMARTS) is 1. The quantitative estimate of drug-likeness (QED) is 0.803. The first-order valence-electron chi connectivity index (χ1n) is 8.72. The largest absolute Gasteiger partial charge is 0.507 e. The summed E-state index contributed by atoms with van der Waals surface area (Å²) in [6.45, 7) is 2.08. The van der Waals surface area contributed by atoms with E-state index in [-0.39, 0.29) is 17.2 Å². The first kappa shape index (κ1) is 16.6. The van der Waals surface area contributed by atoms with Crippen molar-refractivity contribution in [2.24, 2.45) is 0 Å². The Labute approximate surface area is 143 Å². The highest BCUT2D eigenvalue weighted by atomic mass is 16.4. The van der Waals surface area contributed by atoms with Gasteiger partial charge >= 0.3 is 5.97 Å². The highest BCUT2D eigenvalue weighted by Gasteiger charge is 2.18. The van der Waals surface area contributed by atoms with Gasteiger partial charge in [-0.2, -0.15) is 0 Å². The highest BCUT2D eigenvalue weighted by molar-refractivity contribution is 5.91. The summed E-state index contributed by atoms with van der Waals surface area (Å²) in [6.07, 6.45) is 6.49. The van der Waals surface area contributed by atoms with Gasteiger partial charge in [-0.25, -0.2) is 4.79 Å². The van der Waals surface area contributed by atoms with Crippen LogP contribution in [0.5, 0.6) is 5.75 Å². The molecule has 3 rings (SSSR count). The molecule has 0 bridgehead atoms. The summed E-state index contributed by atoms with van der Waals surface area (Å²) in [5.74, 6) is -0.542. The van der Waals surface area contributed by atoms with Crippen LogP contribution in [0, 0.1) is 0 Å². The summed E-state index contributed by atoms with van der Waals surface area (Å²) in [5.41, 5.74) is 3.46. The van der Waals surface area contributed by atoms with Crippen LogP contribution in [-0.4, -0.2) is 16.2 Å². The maximum Gasteiger partial charge on any atom is 0.339 e. The normalized spacial score (nSPS) is 16.7. The van der Waals surface area contributed by atoms with Crippen molar-refractivity contribution in [3.8, 4) is 5.75 Å². The van der Waals surface area contributed by atoms with Crippen LogP contribution in [-0.2, 0) is 0 Å². The van der Waals surface area contributed by atoms with Gasteiger partial charge < -0.3 is 10.2 Å². The number of phenols is 1. The van der Waals surface area contributed by atoms with Crippen LogP contribution in [0.3, 0.4) is 0 Å². The van der Waals surface area contributed by atoms with Crippen molar-refractivity contribution in [1.29, 1.82) is 0 Å². The fraction of sp³-hybridized carbons (Fsp3) is 0.381. The first-order chi connectivity index (χ1) is 11.6. The van der Waals surface area contributed by atoms with Crippen LogP contribution in [0.2, 0.25) is 0 Å². The maximum absolute atomic E-state index is 11.2. The minimum atomic E-state index is -1.10. The number of aromatic hydroxyl groups is 1. The van der Waals surface area contributed by atoms with Crippen molar-refractivity contribution >= 4 is 5.97 Å². The number of carboxylic acids is 1. The highest BCUT2D eigenvalue weighted by Crippen LogP contribution is 2.35. The summed E-state index contributed by atoms with van der Waals surface area (Å²) in [7, 11) is 0. The van der Waals surface area contributed by atoms with Gasteiger partial charge in [0.25, 0.3) is 0 Å². The van der Waals surface area contributed by atoms with E-state index in [0.717, 1.165) is 5.56 Å². The first-order valence-corrected chi connectivity index (χ1v) is 8.72. The Balaban J connectivity index is 1.88. The summed E-state index contributed by atoms with van der Waals surface area (Å²) in [6, 6.07) is 13.5. The minimum Gasteiger partial charge on any atom is -0.507 e. The zero-order chi connectivity index (χ0) is 17.1. The smallest absolute Gasteiger partial charge is 0.339 e. The van der Waals surface area contributed by atoms with E-state index >= 15 is 0 Å². The molecule has 2 aromatic carbocycles. The van der Waals surface area contributed by atoms with Crippen LogP contribution >= 0.6 is 0 Å². The van der Waals surface area contributed by atoms with Crippen molar-refractivity contribution in [2.75, 3.05) is 0 Å². The molecule has 24 heavy (non-hydrogen) atoms. The van der Waals surface area contributed by atoms with E-state index in [2.05, 4.69) is 31.2 Å². The Hall–Kier alpha value is -2.29. The average molecular weight is 324 g/mol. The Kier molecular flexibility index (Phi) is 4.89. The zero-order valence-electron chi connectivity index (χ0n) is 14.0. The van der Waals surface area contributed by atoms with Crippen LogP contribution in [0.1, 0.15) is 77.9 Å². The van der Waals surface area contributed by atoms with Gasteiger partial charge in [-0.15, -0.1) is 0 Å². The molecular formula is C21H24O3. The van der Waals surface area contributed by atoms with Crippen molar-refractivity contribution in [3.63, 3.8) is 0 Å². The van der Waals surface area contributed by atoms with Crippen molar-refractivity contribution in [3.05, 3.63) is 64.7 Å². The molecule has 1 aliphatic rings. The molecule has 0 aromatic heterocycles. The van der Waals surface area contributed by atoms with Crippen LogP contribution in [0.15, 0.2) is 42.5 Å². The molecule has 1 fully saturated rings. The molecule has 1 atom stereocenters. The molecule has 2 aromatic rings. The number of benzene rings is 2. The fourth-order valence-corrected chi connectivity index (χ4v) is 3.70. The maximum atomic E-state index is 11.2. The number of carbonyl (C=O) groups is 1. The van der Waals surface area contributed by atoms with Crippen molar-refractivity contribution in [1.82, 2.24) is 0 Å². The van der Waals surface area contributed by atoms with Gasteiger partial charge in [0.15, 0.2) is 0 Å². The zero-order valence-corrected chi connectivity index (χ0v) is 14.0. The number of hydrogen-bond acceptors (Lipinski definition) is 2. The van der Waals surface area contributed by atoms with E-state index < -0.39 is 5.97 Å². The van der Waals surface area contributed by atoms with Crippen LogP contribution in [0.4, 0.5) is 0 Å². The number of aromatic carboxylic acids is 1. The molecule has 1 saturated carbocycles. The van der Waals surface area contributed by atoms with E-state index in [0.29, 0.717) is 5.92 Å². The summed E-state index contributed by atoms with van der Waals surface area (Å²) < 4.78 is 0. The summed E-state index contributed by atoms with van der Waals surface area (Å²) in [5, 5.41) is 18.9. The second kappa shape index (κ2) is 7.08. The predicted octanol–water partition coefficient (Wildman–Crippen LogP) is 5.29. The van der Waals surface area contributed by atoms with E-state index in [1.165, 1.54) is 49.3 Å². The molecule has 0 saturated heterocycles. The standard InChI is InChI=1S/C21H24O3/c1-14(17-10-11-20(22)19(13-17)21(23)24)16-8-5-9-18(12-16)15-6-3-2-4-7-15/h5,8-15,22H,2-4,6-7H2,1H3,(H,23,24). The number of hydrogen-bond donors (Lipinski definition) is 2. The monoisotopic (exact) mass is 324 g/mol. The van der Waals surface area contributed by atoms with E-state index in [9.17, 15) is 15.0 Å². The lowest BCUT2D eigenvalue weighted by molar-refractivity contribution is 0.0693. The van der Waals surface area contributed by atoms with Gasteiger partial charge in [-0.3, -0.25) is 0 Å². The third-order valence-electron chi connectivity index (χ3n) is 5.24. The molecule has 1 unspecified atom stereocenters. The van der Waals surface area contributed by atoms with E-state index in [1.54, 1.807) is 12.1 Å². The van der Waals surface area contributed by atoms with Crippen molar-refractivity contribution in [2.45, 2.75) is 50.9 Å². The lowest BCUT2D eigenvalue weighted by Gasteiger charge is -2.23. The molecular weight excluding hydrogens is 300 g/mol. The molecule has 3 heteroatoms. The average Bonchev–Trinajstić information content (AvgIpc) is 2.62. The van der Waals surface area contributed by atoms with E-state index in [1.807, 2.05) is 0 Å². The topological polar surface area (TPSA) is 57.5 Å². The minimum absolute atomic E-state index is 0.0391. The second-order valence-electron chi connectivity index (χ2n) is 6.81. The van der Waals surface area contributed by atoms with Gasteiger partial charge in [-0.05, 0) is 47.6 Å². The lowest BCUT2D eigenvalue weighted by atomic mass is 9.82. The molecule has 0 spiro atoms. The molecule has 0 heterocycles. The van der Waals surface area contributed by atoms with E-state index in [4.69, 9.17) is 0 Å². The van der Waals surface area contributed by atoms with Gasteiger partial charge in [0.1, 0.15) is 11.3 Å². The third kappa shape index (κ3) is 3.45. The molecule has 126 valence electrons. The van der Waals surface area contributed by atoms with Gasteiger partial charge in [0.2, 0.25) is 0 Å². The lowest BCUT2D eigenvalue weighted by Crippen LogP contribution is -2.06. The molecule has 2 N–H and O–H groups in total. The SMILES string of the molecule is CC(c1cccc(C2CCCCC2)c1)c1ccc(O)c(C(=O)O)c1. The van der Waals surface area contributed by atoms with Crippen LogP contribution in [0.25, 0.3) is 0 Å². The van der Waals surface area contributed by atoms with Gasteiger partial charge in [0.05, 0.1) is 0 Å². The van der Waals surface area contributed by atoms with Gasteiger partial charge in [0, 0.05) is 5.92 Å². The summed E-state index contributed by atoms with van der Waals surface area (Å²) in [4.78, 5) is 11.2. The fourth-order valence-electron chi connectivity index (χ4n) is 3.70. The van der Waals surface area contributed by atoms with Crippen molar-refractivity contribution < 1.29 is 15.0 Å². The predicted molar refractivity (Wildman–Crippen MR) is 94.9 cm³/mol. The Morgan fingerprint density at radius 2 is 1.75 bits per heavy atom. The molecule has 0 aliphatic heterocycles.